The summed E-state index contributed by atoms with van der Waals surface area (Å²) in [7, 11) is 0. The molecule has 0 fully saturated rings. The number of carboxylic acid groups (broad SMARTS) is 1. The van der Waals surface area contributed by atoms with Crippen LogP contribution >= 0.6 is 0 Å². The number of anilines is 3. The number of carboxylic acids is 1. The summed E-state index contributed by atoms with van der Waals surface area (Å²) in [5, 5.41) is 9.00. The lowest BCUT2D eigenvalue weighted by atomic mass is 9.94. The zero-order valence-corrected chi connectivity index (χ0v) is 11.8. The molecule has 1 aliphatic rings. The number of nitrogen functional groups attached to an aromatic ring is 1. The summed E-state index contributed by atoms with van der Waals surface area (Å²) in [6, 6.07) is 9.64. The standard InChI is InChI=1S/C16H17N3O2/c1-10-6-11-4-2-3-5-14(11)19(9-10)15-13(17)7-12(8-18-15)16(20)21/h2-5,7-8,10H,6,9,17H2,1H3,(H,20,21). The highest BCUT2D eigenvalue weighted by Gasteiger charge is 2.25. The molecule has 1 atom stereocenters. The maximum atomic E-state index is 11.0. The van der Waals surface area contributed by atoms with Gasteiger partial charge in [0, 0.05) is 18.4 Å². The minimum atomic E-state index is -1.02. The van der Waals surface area contributed by atoms with Crippen LogP contribution in [0.4, 0.5) is 17.2 Å². The van der Waals surface area contributed by atoms with Gasteiger partial charge >= 0.3 is 5.97 Å². The number of aromatic nitrogens is 1. The number of pyridine rings is 1. The van der Waals surface area contributed by atoms with Gasteiger partial charge in [-0.3, -0.25) is 0 Å². The molecule has 0 radical (unpaired) electrons. The van der Waals surface area contributed by atoms with Crippen LogP contribution in [0.3, 0.4) is 0 Å². The second-order valence-corrected chi connectivity index (χ2v) is 5.49. The normalized spacial score (nSPS) is 17.4. The van der Waals surface area contributed by atoms with E-state index in [-0.39, 0.29) is 5.56 Å². The predicted molar refractivity (Wildman–Crippen MR) is 81.9 cm³/mol. The number of benzene rings is 1. The van der Waals surface area contributed by atoms with Crippen LogP contribution < -0.4 is 10.6 Å². The summed E-state index contributed by atoms with van der Waals surface area (Å²) in [6.45, 7) is 3.01. The smallest absolute Gasteiger partial charge is 0.337 e. The Morgan fingerprint density at radius 2 is 2.19 bits per heavy atom. The van der Waals surface area contributed by atoms with E-state index in [4.69, 9.17) is 10.8 Å². The van der Waals surface area contributed by atoms with Gasteiger partial charge in [-0.1, -0.05) is 25.1 Å². The molecule has 1 aliphatic heterocycles. The molecule has 3 rings (SSSR count). The number of nitrogens with zero attached hydrogens (tertiary/aromatic N) is 2. The van der Waals surface area contributed by atoms with Crippen molar-refractivity contribution in [3.8, 4) is 0 Å². The van der Waals surface area contributed by atoms with E-state index in [0.717, 1.165) is 18.7 Å². The van der Waals surface area contributed by atoms with Gasteiger partial charge < -0.3 is 15.7 Å². The van der Waals surface area contributed by atoms with E-state index in [1.807, 2.05) is 18.2 Å². The van der Waals surface area contributed by atoms with Crippen LogP contribution in [0.25, 0.3) is 0 Å². The Morgan fingerprint density at radius 1 is 1.43 bits per heavy atom. The molecule has 1 aromatic heterocycles. The Balaban J connectivity index is 2.06. The molecule has 5 nitrogen and oxygen atoms in total. The number of hydrogen-bond acceptors (Lipinski definition) is 4. The Bertz CT molecular complexity index is 700. The van der Waals surface area contributed by atoms with Crippen molar-refractivity contribution < 1.29 is 9.90 Å². The highest BCUT2D eigenvalue weighted by molar-refractivity contribution is 5.90. The van der Waals surface area contributed by atoms with E-state index in [0.29, 0.717) is 17.4 Å². The van der Waals surface area contributed by atoms with Gasteiger partial charge in [-0.25, -0.2) is 9.78 Å². The largest absolute Gasteiger partial charge is 0.478 e. The minimum absolute atomic E-state index is 0.106. The summed E-state index contributed by atoms with van der Waals surface area (Å²) >= 11 is 0. The van der Waals surface area contributed by atoms with Gasteiger partial charge in [0.05, 0.1) is 11.3 Å². The highest BCUT2D eigenvalue weighted by atomic mass is 16.4. The minimum Gasteiger partial charge on any atom is -0.478 e. The summed E-state index contributed by atoms with van der Waals surface area (Å²) in [5.41, 5.74) is 8.88. The third-order valence-corrected chi connectivity index (χ3v) is 3.74. The lowest BCUT2D eigenvalue weighted by Gasteiger charge is -2.34. The van der Waals surface area contributed by atoms with Gasteiger partial charge in [-0.2, -0.15) is 0 Å². The molecule has 0 saturated heterocycles. The Morgan fingerprint density at radius 3 is 2.90 bits per heavy atom. The number of para-hydroxylation sites is 1. The van der Waals surface area contributed by atoms with E-state index in [1.165, 1.54) is 17.8 Å². The first-order valence-corrected chi connectivity index (χ1v) is 6.90. The molecule has 0 bridgehead atoms. The highest BCUT2D eigenvalue weighted by Crippen LogP contribution is 2.36. The van der Waals surface area contributed by atoms with Crippen molar-refractivity contribution in [1.82, 2.24) is 4.98 Å². The molecule has 2 aromatic rings. The summed E-state index contributed by atoms with van der Waals surface area (Å²) < 4.78 is 0. The maximum absolute atomic E-state index is 11.0. The Labute approximate surface area is 123 Å². The molecule has 5 heteroatoms. The molecule has 2 heterocycles. The van der Waals surface area contributed by atoms with Gasteiger partial charge in [0.2, 0.25) is 0 Å². The molecule has 0 spiro atoms. The average molecular weight is 283 g/mol. The van der Waals surface area contributed by atoms with Crippen molar-refractivity contribution >= 4 is 23.2 Å². The van der Waals surface area contributed by atoms with Gasteiger partial charge in [-0.05, 0) is 30.0 Å². The molecule has 21 heavy (non-hydrogen) atoms. The van der Waals surface area contributed by atoms with Gasteiger partial charge in [0.15, 0.2) is 5.82 Å². The first-order chi connectivity index (χ1) is 10.1. The monoisotopic (exact) mass is 283 g/mol. The van der Waals surface area contributed by atoms with E-state index in [9.17, 15) is 4.79 Å². The molecule has 0 aliphatic carbocycles. The Hall–Kier alpha value is -2.56. The first kappa shape index (κ1) is 13.4. The lowest BCUT2D eigenvalue weighted by molar-refractivity contribution is 0.0696. The van der Waals surface area contributed by atoms with Gasteiger partial charge in [-0.15, -0.1) is 0 Å². The third-order valence-electron chi connectivity index (χ3n) is 3.74. The molecule has 108 valence electrons. The second-order valence-electron chi connectivity index (χ2n) is 5.49. The summed E-state index contributed by atoms with van der Waals surface area (Å²) in [4.78, 5) is 17.3. The molecule has 1 aromatic carbocycles. The van der Waals surface area contributed by atoms with Crippen molar-refractivity contribution in [3.05, 3.63) is 47.7 Å². The fourth-order valence-electron chi connectivity index (χ4n) is 2.81. The van der Waals surface area contributed by atoms with Crippen molar-refractivity contribution in [2.45, 2.75) is 13.3 Å². The van der Waals surface area contributed by atoms with Crippen LogP contribution in [0.1, 0.15) is 22.8 Å². The Kier molecular flexibility index (Phi) is 3.25. The van der Waals surface area contributed by atoms with E-state index in [1.54, 1.807) is 0 Å². The van der Waals surface area contributed by atoms with Crippen LogP contribution in [0.15, 0.2) is 36.5 Å². The fraction of sp³-hybridized carbons (Fsp3) is 0.250. The molecule has 1 unspecified atom stereocenters. The zero-order valence-electron chi connectivity index (χ0n) is 11.8. The SMILES string of the molecule is CC1Cc2ccccc2N(c2ncc(C(=O)O)cc2N)C1. The molecular formula is C16H17N3O2. The van der Waals surface area contributed by atoms with Crippen molar-refractivity contribution in [2.24, 2.45) is 5.92 Å². The number of fused-ring (bicyclic) bond motifs is 1. The quantitative estimate of drug-likeness (QED) is 0.885. The van der Waals surface area contributed by atoms with E-state index >= 15 is 0 Å². The maximum Gasteiger partial charge on any atom is 0.337 e. The molecular weight excluding hydrogens is 266 g/mol. The first-order valence-electron chi connectivity index (χ1n) is 6.90. The topological polar surface area (TPSA) is 79.5 Å². The van der Waals surface area contributed by atoms with Crippen LogP contribution in [0, 0.1) is 5.92 Å². The van der Waals surface area contributed by atoms with Crippen LogP contribution in [-0.4, -0.2) is 22.6 Å². The van der Waals surface area contributed by atoms with Crippen molar-refractivity contribution in [1.29, 1.82) is 0 Å². The number of hydrogen-bond donors (Lipinski definition) is 2. The summed E-state index contributed by atoms with van der Waals surface area (Å²) in [5.74, 6) is 0.0902. The molecule has 0 amide bonds. The number of carbonyl (C=O) groups is 1. The van der Waals surface area contributed by atoms with E-state index in [2.05, 4.69) is 22.9 Å². The number of nitrogens with two attached hydrogens (primary N) is 1. The van der Waals surface area contributed by atoms with Crippen LogP contribution in [-0.2, 0) is 6.42 Å². The van der Waals surface area contributed by atoms with Crippen molar-refractivity contribution in [3.63, 3.8) is 0 Å². The fourth-order valence-corrected chi connectivity index (χ4v) is 2.81. The lowest BCUT2D eigenvalue weighted by Crippen LogP contribution is -2.31. The van der Waals surface area contributed by atoms with Gasteiger partial charge in [0.25, 0.3) is 0 Å². The van der Waals surface area contributed by atoms with Crippen LogP contribution in [0.5, 0.6) is 0 Å². The van der Waals surface area contributed by atoms with Crippen molar-refractivity contribution in [2.75, 3.05) is 17.2 Å². The van der Waals surface area contributed by atoms with Gasteiger partial charge in [0.1, 0.15) is 0 Å². The molecule has 3 N–H and O–H groups in total. The van der Waals surface area contributed by atoms with E-state index < -0.39 is 5.97 Å². The predicted octanol–water partition coefficient (Wildman–Crippen LogP) is 2.69. The zero-order chi connectivity index (χ0) is 15.0. The van der Waals surface area contributed by atoms with Crippen LogP contribution in [0.2, 0.25) is 0 Å². The second kappa shape index (κ2) is 5.09. The summed E-state index contributed by atoms with van der Waals surface area (Å²) in [6.07, 6.45) is 2.38. The number of rotatable bonds is 2. The average Bonchev–Trinajstić information content (AvgIpc) is 2.46. The number of aromatic carboxylic acids is 1. The molecule has 0 saturated carbocycles. The third kappa shape index (κ3) is 2.42.